The molecule has 0 saturated carbocycles. The minimum absolute atomic E-state index is 0.843. The van der Waals surface area contributed by atoms with Crippen molar-refractivity contribution < 1.29 is 0 Å². The SMILES string of the molecule is CN1CC(N2CC[N]CC2)C1. The Morgan fingerprint density at radius 2 is 1.82 bits per heavy atom. The highest BCUT2D eigenvalue weighted by Gasteiger charge is 2.29. The quantitative estimate of drug-likeness (QED) is 0.494. The molecular formula is C8H16N3. The molecule has 2 rings (SSSR count). The van der Waals surface area contributed by atoms with Crippen molar-refractivity contribution in [1.29, 1.82) is 0 Å². The molecule has 0 amide bonds. The van der Waals surface area contributed by atoms with E-state index >= 15 is 0 Å². The summed E-state index contributed by atoms with van der Waals surface area (Å²) in [5.41, 5.74) is 0. The number of rotatable bonds is 1. The Kier molecular flexibility index (Phi) is 2.11. The van der Waals surface area contributed by atoms with Gasteiger partial charge >= 0.3 is 0 Å². The molecule has 11 heavy (non-hydrogen) atoms. The van der Waals surface area contributed by atoms with Crippen LogP contribution in [0.15, 0.2) is 0 Å². The average Bonchev–Trinajstić information content (AvgIpc) is 2.01. The van der Waals surface area contributed by atoms with Gasteiger partial charge in [0.25, 0.3) is 0 Å². The zero-order valence-electron chi connectivity index (χ0n) is 7.16. The molecule has 2 aliphatic heterocycles. The van der Waals surface area contributed by atoms with E-state index in [1.807, 2.05) is 0 Å². The number of nitrogens with zero attached hydrogens (tertiary/aromatic N) is 3. The Balaban J connectivity index is 1.76. The third-order valence-electron chi connectivity index (χ3n) is 2.65. The minimum Gasteiger partial charge on any atom is -0.303 e. The largest absolute Gasteiger partial charge is 0.303 e. The van der Waals surface area contributed by atoms with Crippen molar-refractivity contribution in [1.82, 2.24) is 15.1 Å². The second kappa shape index (κ2) is 3.09. The van der Waals surface area contributed by atoms with E-state index in [9.17, 15) is 0 Å². The summed E-state index contributed by atoms with van der Waals surface area (Å²) in [4.78, 5) is 4.95. The van der Waals surface area contributed by atoms with E-state index in [-0.39, 0.29) is 0 Å². The first-order valence-corrected chi connectivity index (χ1v) is 4.42. The van der Waals surface area contributed by atoms with Crippen LogP contribution in [0, 0.1) is 0 Å². The Hall–Kier alpha value is -0.120. The number of likely N-dealkylation sites (N-methyl/N-ethyl adjacent to an activating group) is 1. The Morgan fingerprint density at radius 3 is 2.36 bits per heavy atom. The highest BCUT2D eigenvalue weighted by Crippen LogP contribution is 2.12. The standard InChI is InChI=1S/C8H16N3/c1-10-6-8(7-10)11-4-2-9-3-5-11/h8H,2-7H2,1H3. The van der Waals surface area contributed by atoms with Crippen LogP contribution in [-0.4, -0.2) is 62.2 Å². The van der Waals surface area contributed by atoms with Gasteiger partial charge in [-0.05, 0) is 7.05 Å². The molecular weight excluding hydrogens is 138 g/mol. The van der Waals surface area contributed by atoms with Gasteiger partial charge in [-0.2, -0.15) is 0 Å². The Morgan fingerprint density at radius 1 is 1.18 bits per heavy atom. The van der Waals surface area contributed by atoms with E-state index in [2.05, 4.69) is 22.2 Å². The van der Waals surface area contributed by atoms with Crippen LogP contribution in [0.4, 0.5) is 0 Å². The lowest BCUT2D eigenvalue weighted by Gasteiger charge is -2.44. The number of likely N-dealkylation sites (tertiary alicyclic amines) is 1. The fourth-order valence-corrected chi connectivity index (χ4v) is 1.88. The summed E-state index contributed by atoms with van der Waals surface area (Å²) in [7, 11) is 2.19. The molecule has 0 N–H and O–H groups in total. The summed E-state index contributed by atoms with van der Waals surface area (Å²) in [5.74, 6) is 0. The predicted octanol–water partition coefficient (Wildman–Crippen LogP) is -0.780. The fourth-order valence-electron chi connectivity index (χ4n) is 1.88. The number of hydrogen-bond acceptors (Lipinski definition) is 2. The van der Waals surface area contributed by atoms with E-state index in [1.54, 1.807) is 0 Å². The molecule has 0 atom stereocenters. The summed E-state index contributed by atoms with van der Waals surface area (Å²) >= 11 is 0. The van der Waals surface area contributed by atoms with Gasteiger partial charge in [0.05, 0.1) is 0 Å². The average molecular weight is 154 g/mol. The molecule has 0 aromatic carbocycles. The maximum atomic E-state index is 4.33. The third kappa shape index (κ3) is 1.55. The zero-order valence-corrected chi connectivity index (χ0v) is 7.16. The summed E-state index contributed by atoms with van der Waals surface area (Å²) in [6.07, 6.45) is 0. The van der Waals surface area contributed by atoms with Crippen molar-refractivity contribution in [2.75, 3.05) is 46.3 Å². The van der Waals surface area contributed by atoms with Gasteiger partial charge in [0, 0.05) is 45.3 Å². The summed E-state index contributed by atoms with van der Waals surface area (Å²) in [6.45, 7) is 7.03. The van der Waals surface area contributed by atoms with Crippen molar-refractivity contribution in [3.8, 4) is 0 Å². The number of hydrogen-bond donors (Lipinski definition) is 0. The zero-order chi connectivity index (χ0) is 7.68. The van der Waals surface area contributed by atoms with E-state index in [4.69, 9.17) is 0 Å². The second-order valence-electron chi connectivity index (χ2n) is 3.58. The van der Waals surface area contributed by atoms with Crippen LogP contribution < -0.4 is 5.32 Å². The monoisotopic (exact) mass is 154 g/mol. The van der Waals surface area contributed by atoms with Gasteiger partial charge in [0.2, 0.25) is 0 Å². The fraction of sp³-hybridized carbons (Fsp3) is 1.00. The molecule has 0 spiro atoms. The first-order valence-electron chi connectivity index (χ1n) is 4.42. The summed E-state index contributed by atoms with van der Waals surface area (Å²) in [6, 6.07) is 0.843. The smallest absolute Gasteiger partial charge is 0.0351 e. The molecule has 2 aliphatic rings. The van der Waals surface area contributed by atoms with Crippen LogP contribution in [0.25, 0.3) is 0 Å². The van der Waals surface area contributed by atoms with Gasteiger partial charge in [-0.3, -0.25) is 4.90 Å². The normalized spacial score (nSPS) is 30.3. The van der Waals surface area contributed by atoms with Crippen molar-refractivity contribution in [2.24, 2.45) is 0 Å². The van der Waals surface area contributed by atoms with E-state index in [0.717, 1.165) is 19.1 Å². The lowest BCUT2D eigenvalue weighted by atomic mass is 10.1. The van der Waals surface area contributed by atoms with Gasteiger partial charge in [0.1, 0.15) is 0 Å². The summed E-state index contributed by atoms with van der Waals surface area (Å²) in [5, 5.41) is 4.33. The van der Waals surface area contributed by atoms with Crippen molar-refractivity contribution in [3.63, 3.8) is 0 Å². The van der Waals surface area contributed by atoms with Crippen LogP contribution in [0.3, 0.4) is 0 Å². The van der Waals surface area contributed by atoms with Crippen LogP contribution in [-0.2, 0) is 0 Å². The second-order valence-corrected chi connectivity index (χ2v) is 3.58. The molecule has 2 heterocycles. The maximum absolute atomic E-state index is 4.33. The van der Waals surface area contributed by atoms with Crippen LogP contribution in [0.1, 0.15) is 0 Å². The molecule has 3 nitrogen and oxygen atoms in total. The highest BCUT2D eigenvalue weighted by molar-refractivity contribution is 4.87. The van der Waals surface area contributed by atoms with E-state index in [1.165, 1.54) is 26.2 Å². The van der Waals surface area contributed by atoms with Gasteiger partial charge < -0.3 is 4.90 Å². The molecule has 1 radical (unpaired) electrons. The molecule has 2 fully saturated rings. The Bertz CT molecular complexity index is 125. The first kappa shape index (κ1) is 7.53. The van der Waals surface area contributed by atoms with Crippen molar-refractivity contribution in [2.45, 2.75) is 6.04 Å². The summed E-state index contributed by atoms with van der Waals surface area (Å²) < 4.78 is 0. The lowest BCUT2D eigenvalue weighted by Crippen LogP contribution is -2.60. The van der Waals surface area contributed by atoms with Gasteiger partial charge in [-0.25, -0.2) is 5.32 Å². The molecule has 0 unspecified atom stereocenters. The highest BCUT2D eigenvalue weighted by atomic mass is 15.3. The molecule has 0 aromatic rings. The topological polar surface area (TPSA) is 20.6 Å². The maximum Gasteiger partial charge on any atom is 0.0351 e. The lowest BCUT2D eigenvalue weighted by molar-refractivity contribution is 0.0440. The van der Waals surface area contributed by atoms with Crippen molar-refractivity contribution >= 4 is 0 Å². The third-order valence-corrected chi connectivity index (χ3v) is 2.65. The van der Waals surface area contributed by atoms with E-state index < -0.39 is 0 Å². The van der Waals surface area contributed by atoms with Crippen LogP contribution in [0.5, 0.6) is 0 Å². The molecule has 0 aromatic heterocycles. The van der Waals surface area contributed by atoms with Crippen LogP contribution >= 0.6 is 0 Å². The predicted molar refractivity (Wildman–Crippen MR) is 44.7 cm³/mol. The van der Waals surface area contributed by atoms with Crippen molar-refractivity contribution in [3.05, 3.63) is 0 Å². The molecule has 63 valence electrons. The number of piperazine rings is 1. The van der Waals surface area contributed by atoms with Gasteiger partial charge in [-0.1, -0.05) is 0 Å². The first-order chi connectivity index (χ1) is 5.36. The Labute approximate surface area is 68.4 Å². The van der Waals surface area contributed by atoms with Crippen LogP contribution in [0.2, 0.25) is 0 Å². The minimum atomic E-state index is 0.843. The molecule has 0 aliphatic carbocycles. The molecule has 2 saturated heterocycles. The molecule has 0 bridgehead atoms. The molecule has 3 heteroatoms. The van der Waals surface area contributed by atoms with Gasteiger partial charge in [0.15, 0.2) is 0 Å². The van der Waals surface area contributed by atoms with Gasteiger partial charge in [-0.15, -0.1) is 0 Å². The van der Waals surface area contributed by atoms with E-state index in [0.29, 0.717) is 0 Å².